The van der Waals surface area contributed by atoms with Gasteiger partial charge in [0.05, 0.1) is 23.4 Å². The molecule has 3 rings (SSSR count). The molecule has 8 nitrogen and oxygen atoms in total. The van der Waals surface area contributed by atoms with Gasteiger partial charge in [0.15, 0.2) is 9.84 Å². The van der Waals surface area contributed by atoms with E-state index in [1.807, 2.05) is 14.0 Å². The third-order valence-corrected chi connectivity index (χ3v) is 6.35. The molecule has 0 spiro atoms. The van der Waals surface area contributed by atoms with Gasteiger partial charge >= 0.3 is 0 Å². The van der Waals surface area contributed by atoms with E-state index in [2.05, 4.69) is 10.2 Å². The summed E-state index contributed by atoms with van der Waals surface area (Å²) in [6, 6.07) is -0.764. The van der Waals surface area contributed by atoms with Gasteiger partial charge in [0.2, 0.25) is 5.91 Å². The van der Waals surface area contributed by atoms with Gasteiger partial charge in [-0.3, -0.25) is 9.48 Å². The van der Waals surface area contributed by atoms with Crippen LogP contribution >= 0.6 is 0 Å². The number of carbonyl (C=O) groups excluding carboxylic acids is 1. The van der Waals surface area contributed by atoms with Crippen molar-refractivity contribution in [1.29, 1.82) is 0 Å². The van der Waals surface area contributed by atoms with Gasteiger partial charge in [0.1, 0.15) is 17.1 Å². The van der Waals surface area contributed by atoms with Crippen LogP contribution in [0.4, 0.5) is 0 Å². The zero-order valence-corrected chi connectivity index (χ0v) is 14.5. The summed E-state index contributed by atoms with van der Waals surface area (Å²) in [6.07, 6.45) is 2.19. The Hall–Kier alpha value is -1.90. The van der Waals surface area contributed by atoms with Crippen molar-refractivity contribution < 1.29 is 13.2 Å². The van der Waals surface area contributed by atoms with Crippen LogP contribution in [0.5, 0.6) is 0 Å². The Morgan fingerprint density at radius 3 is 2.78 bits per heavy atom. The van der Waals surface area contributed by atoms with Crippen LogP contribution < -0.4 is 0 Å². The van der Waals surface area contributed by atoms with Gasteiger partial charge in [-0.1, -0.05) is 0 Å². The molecule has 2 aromatic rings. The van der Waals surface area contributed by atoms with E-state index in [-0.39, 0.29) is 23.5 Å². The topological polar surface area (TPSA) is 90.1 Å². The maximum Gasteiger partial charge on any atom is 0.247 e. The normalized spacial score (nSPS) is 21.7. The van der Waals surface area contributed by atoms with Crippen molar-refractivity contribution in [2.75, 3.05) is 18.6 Å². The molecule has 0 N–H and O–H groups in total. The molecule has 0 aromatic carbocycles. The molecule has 0 saturated carbocycles. The first-order valence-corrected chi connectivity index (χ1v) is 9.37. The summed E-state index contributed by atoms with van der Waals surface area (Å²) in [7, 11) is 0.483. The highest BCUT2D eigenvalue weighted by Gasteiger charge is 2.35. The minimum absolute atomic E-state index is 0.0440. The van der Waals surface area contributed by atoms with E-state index in [0.717, 1.165) is 16.7 Å². The van der Waals surface area contributed by atoms with E-state index in [9.17, 15) is 13.2 Å². The highest BCUT2D eigenvalue weighted by Crippen LogP contribution is 2.24. The number of amides is 1. The lowest BCUT2D eigenvalue weighted by molar-refractivity contribution is -0.134. The minimum Gasteiger partial charge on any atom is -0.340 e. The van der Waals surface area contributed by atoms with Crippen molar-refractivity contribution in [2.45, 2.75) is 32.4 Å². The second kappa shape index (κ2) is 5.33. The average molecular weight is 339 g/mol. The molecule has 0 bridgehead atoms. The Balaban J connectivity index is 1.87. The Bertz CT molecular complexity index is 866. The predicted molar refractivity (Wildman–Crippen MR) is 85.8 cm³/mol. The maximum absolute atomic E-state index is 12.7. The lowest BCUT2D eigenvalue weighted by Crippen LogP contribution is -2.41. The van der Waals surface area contributed by atoms with Gasteiger partial charge in [-0.25, -0.2) is 13.1 Å². The summed E-state index contributed by atoms with van der Waals surface area (Å²) in [5.74, 6) is 0.0557. The molecule has 126 valence electrons. The number of rotatable bonds is 3. The van der Waals surface area contributed by atoms with Gasteiger partial charge < -0.3 is 4.90 Å². The summed E-state index contributed by atoms with van der Waals surface area (Å²) >= 11 is 0. The number of likely N-dealkylation sites (N-methyl/N-ethyl adjacent to an activating group) is 1. The summed E-state index contributed by atoms with van der Waals surface area (Å²) in [5, 5.41) is 8.67. The van der Waals surface area contributed by atoms with E-state index < -0.39 is 15.9 Å². The molecule has 0 radical (unpaired) electrons. The molecule has 1 amide bonds. The van der Waals surface area contributed by atoms with Crippen molar-refractivity contribution >= 4 is 26.8 Å². The van der Waals surface area contributed by atoms with Crippen LogP contribution in [0.2, 0.25) is 0 Å². The minimum atomic E-state index is -3.02. The van der Waals surface area contributed by atoms with Crippen molar-refractivity contribution in [3.8, 4) is 0 Å². The van der Waals surface area contributed by atoms with Crippen molar-refractivity contribution in [1.82, 2.24) is 24.5 Å². The average Bonchev–Trinajstić information content (AvgIpc) is 3.14. The van der Waals surface area contributed by atoms with Crippen LogP contribution in [0.25, 0.3) is 11.0 Å². The quantitative estimate of drug-likeness (QED) is 0.801. The van der Waals surface area contributed by atoms with Crippen molar-refractivity contribution in [3.63, 3.8) is 0 Å². The molecule has 2 atom stereocenters. The molecule has 1 fully saturated rings. The van der Waals surface area contributed by atoms with E-state index in [1.54, 1.807) is 34.4 Å². The molecule has 23 heavy (non-hydrogen) atoms. The largest absolute Gasteiger partial charge is 0.340 e. The molecule has 2 unspecified atom stereocenters. The van der Waals surface area contributed by atoms with Gasteiger partial charge in [0, 0.05) is 20.1 Å². The summed E-state index contributed by atoms with van der Waals surface area (Å²) in [5.41, 5.74) is 2.51. The first kappa shape index (κ1) is 16.0. The third-order valence-electron chi connectivity index (χ3n) is 4.60. The second-order valence-electron chi connectivity index (χ2n) is 6.21. The number of hydrogen-bond acceptors (Lipinski definition) is 5. The van der Waals surface area contributed by atoms with Crippen molar-refractivity contribution in [3.05, 3.63) is 11.9 Å². The number of sulfone groups is 1. The third kappa shape index (κ3) is 2.62. The van der Waals surface area contributed by atoms with E-state index >= 15 is 0 Å². The first-order chi connectivity index (χ1) is 10.7. The van der Waals surface area contributed by atoms with Crippen LogP contribution in [0.15, 0.2) is 6.20 Å². The Morgan fingerprint density at radius 2 is 2.17 bits per heavy atom. The number of fused-ring (bicyclic) bond motifs is 1. The molecule has 9 heteroatoms. The van der Waals surface area contributed by atoms with Gasteiger partial charge in [-0.15, -0.1) is 0 Å². The van der Waals surface area contributed by atoms with E-state index in [4.69, 9.17) is 0 Å². The highest BCUT2D eigenvalue weighted by atomic mass is 32.2. The lowest BCUT2D eigenvalue weighted by Gasteiger charge is -2.26. The van der Waals surface area contributed by atoms with Gasteiger partial charge in [-0.05, 0) is 20.3 Å². The Labute approximate surface area is 135 Å². The number of aromatic nitrogens is 4. The van der Waals surface area contributed by atoms with Crippen LogP contribution in [0.1, 0.15) is 25.1 Å². The molecule has 0 aliphatic carbocycles. The van der Waals surface area contributed by atoms with Crippen LogP contribution in [0, 0.1) is 6.92 Å². The monoisotopic (exact) mass is 339 g/mol. The maximum atomic E-state index is 12.7. The number of aryl methyl sites for hydroxylation is 2. The van der Waals surface area contributed by atoms with E-state index in [1.165, 1.54) is 0 Å². The predicted octanol–water partition coefficient (Wildman–Crippen LogP) is 0.285. The standard InChI is InChI=1S/C14H21N5O3S/c1-9-13-12(18(4)16-9)7-15-19(13)10(2)14(20)17(3)11-5-6-23(21,22)8-11/h7,10-11H,5-6,8H2,1-4H3. The van der Waals surface area contributed by atoms with Crippen molar-refractivity contribution in [2.24, 2.45) is 7.05 Å². The van der Waals surface area contributed by atoms with Gasteiger partial charge in [0.25, 0.3) is 0 Å². The number of carbonyl (C=O) groups is 1. The van der Waals surface area contributed by atoms with Gasteiger partial charge in [-0.2, -0.15) is 10.2 Å². The second-order valence-corrected chi connectivity index (χ2v) is 8.44. The first-order valence-electron chi connectivity index (χ1n) is 7.55. The summed E-state index contributed by atoms with van der Waals surface area (Å²) in [6.45, 7) is 3.66. The van der Waals surface area contributed by atoms with Crippen LogP contribution in [-0.2, 0) is 21.7 Å². The smallest absolute Gasteiger partial charge is 0.247 e. The summed E-state index contributed by atoms with van der Waals surface area (Å²) in [4.78, 5) is 14.3. The van der Waals surface area contributed by atoms with E-state index in [0.29, 0.717) is 6.42 Å². The molecule has 3 heterocycles. The molecule has 1 aliphatic rings. The number of nitrogens with zero attached hydrogens (tertiary/aromatic N) is 5. The van der Waals surface area contributed by atoms with Crippen LogP contribution in [0.3, 0.4) is 0 Å². The molecular weight excluding hydrogens is 318 g/mol. The highest BCUT2D eigenvalue weighted by molar-refractivity contribution is 7.91. The zero-order valence-electron chi connectivity index (χ0n) is 13.7. The molecule has 2 aromatic heterocycles. The molecule has 1 saturated heterocycles. The Morgan fingerprint density at radius 1 is 1.48 bits per heavy atom. The molecule has 1 aliphatic heterocycles. The fourth-order valence-corrected chi connectivity index (χ4v) is 5.00. The Kier molecular flexibility index (Phi) is 3.70. The zero-order chi connectivity index (χ0) is 16.9. The SMILES string of the molecule is Cc1nn(C)c2cnn(C(C)C(=O)N(C)C3CCS(=O)(=O)C3)c12. The fourth-order valence-electron chi connectivity index (χ4n) is 3.22. The number of hydrogen-bond donors (Lipinski definition) is 0. The fraction of sp³-hybridized carbons (Fsp3) is 0.643. The van der Waals surface area contributed by atoms with Crippen LogP contribution in [-0.4, -0.2) is 63.4 Å². The lowest BCUT2D eigenvalue weighted by atomic mass is 10.2. The summed E-state index contributed by atoms with van der Waals surface area (Å²) < 4.78 is 26.6. The molecular formula is C14H21N5O3S.